The summed E-state index contributed by atoms with van der Waals surface area (Å²) in [4.78, 5) is 33.4. The van der Waals surface area contributed by atoms with E-state index in [9.17, 15) is 9.59 Å². The Hall–Kier alpha value is -3.53. The number of carbonyl (C=O) groups is 1. The molecule has 1 amide bonds. The Kier molecular flexibility index (Phi) is 8.70. The standard InChI is InChI=1S/C27H34N4O5S/c1-4-35-23-17-19-20(18-24(23)36-5-2)28-27(37)31(26(19)33)12-8-11-25(32)30-15-13-29(14-16-30)21-9-6-7-10-22(21)34-3/h6-7,9-10,17-18H,4-5,8,11-16H2,1-3H3,(H,28,37). The first-order chi connectivity index (χ1) is 18.0. The Labute approximate surface area is 221 Å². The van der Waals surface area contributed by atoms with Gasteiger partial charge in [0.1, 0.15) is 5.75 Å². The van der Waals surface area contributed by atoms with Gasteiger partial charge in [-0.15, -0.1) is 0 Å². The fourth-order valence-electron chi connectivity index (χ4n) is 4.63. The maximum atomic E-state index is 13.2. The molecule has 1 aliphatic rings. The van der Waals surface area contributed by atoms with Crippen LogP contribution in [0.3, 0.4) is 0 Å². The van der Waals surface area contributed by atoms with Crippen molar-refractivity contribution < 1.29 is 19.0 Å². The second kappa shape index (κ2) is 12.1. The van der Waals surface area contributed by atoms with Crippen LogP contribution in [0, 0.1) is 4.77 Å². The zero-order valence-corrected chi connectivity index (χ0v) is 22.4. The molecule has 1 aromatic heterocycles. The third-order valence-corrected chi connectivity index (χ3v) is 6.80. The van der Waals surface area contributed by atoms with Gasteiger partial charge in [0.25, 0.3) is 5.56 Å². The van der Waals surface area contributed by atoms with Gasteiger partial charge in [0.05, 0.1) is 36.9 Å². The van der Waals surface area contributed by atoms with E-state index in [1.54, 1.807) is 19.2 Å². The summed E-state index contributed by atoms with van der Waals surface area (Å²) < 4.78 is 18.6. The normalized spacial score (nSPS) is 13.6. The minimum absolute atomic E-state index is 0.0865. The lowest BCUT2D eigenvalue weighted by Gasteiger charge is -2.36. The molecular formula is C27H34N4O5S. The summed E-state index contributed by atoms with van der Waals surface area (Å²) in [6, 6.07) is 11.4. The van der Waals surface area contributed by atoms with E-state index in [1.165, 1.54) is 4.57 Å². The van der Waals surface area contributed by atoms with Crippen LogP contribution in [0.2, 0.25) is 0 Å². The summed E-state index contributed by atoms with van der Waals surface area (Å²) in [7, 11) is 1.67. The Bertz CT molecular complexity index is 1360. The molecule has 3 aromatic rings. The van der Waals surface area contributed by atoms with Gasteiger partial charge in [-0.2, -0.15) is 0 Å². The summed E-state index contributed by atoms with van der Waals surface area (Å²) in [5, 5.41) is 0.472. The number of carbonyl (C=O) groups excluding carboxylic acids is 1. The fraction of sp³-hybridized carbons (Fsp3) is 0.444. The molecule has 1 fully saturated rings. The molecule has 9 nitrogen and oxygen atoms in total. The van der Waals surface area contributed by atoms with E-state index in [2.05, 4.69) is 9.88 Å². The topological polar surface area (TPSA) is 89.0 Å². The van der Waals surface area contributed by atoms with Gasteiger partial charge in [-0.05, 0) is 50.7 Å². The number of hydrogen-bond acceptors (Lipinski definition) is 7. The Morgan fingerprint density at radius 2 is 1.68 bits per heavy atom. The number of amides is 1. The maximum absolute atomic E-state index is 13.2. The average molecular weight is 527 g/mol. The summed E-state index contributed by atoms with van der Waals surface area (Å²) >= 11 is 5.47. The molecule has 0 unspecified atom stereocenters. The van der Waals surface area contributed by atoms with Crippen molar-refractivity contribution in [1.82, 2.24) is 14.5 Å². The van der Waals surface area contributed by atoms with Crippen LogP contribution >= 0.6 is 12.2 Å². The number of piperazine rings is 1. The first kappa shape index (κ1) is 26.5. The van der Waals surface area contributed by atoms with Gasteiger partial charge >= 0.3 is 0 Å². The molecule has 4 rings (SSSR count). The number of aromatic nitrogens is 2. The molecular weight excluding hydrogens is 492 g/mol. The molecule has 0 spiro atoms. The summed E-state index contributed by atoms with van der Waals surface area (Å²) in [6.07, 6.45) is 0.866. The summed E-state index contributed by atoms with van der Waals surface area (Å²) in [6.45, 7) is 7.85. The van der Waals surface area contributed by atoms with E-state index in [4.69, 9.17) is 26.4 Å². The molecule has 0 aliphatic carbocycles. The summed E-state index contributed by atoms with van der Waals surface area (Å²) in [5.74, 6) is 2.01. The number of nitrogens with zero attached hydrogens (tertiary/aromatic N) is 3. The second-order valence-electron chi connectivity index (χ2n) is 8.74. The molecule has 0 atom stereocenters. The van der Waals surface area contributed by atoms with Gasteiger partial charge < -0.3 is 29.0 Å². The van der Waals surface area contributed by atoms with Crippen LogP contribution in [0.1, 0.15) is 26.7 Å². The molecule has 0 saturated carbocycles. The van der Waals surface area contributed by atoms with Crippen LogP contribution in [0.4, 0.5) is 5.69 Å². The number of ether oxygens (including phenoxy) is 3. The fourth-order valence-corrected chi connectivity index (χ4v) is 4.92. The van der Waals surface area contributed by atoms with E-state index < -0.39 is 0 Å². The molecule has 0 bridgehead atoms. The summed E-state index contributed by atoms with van der Waals surface area (Å²) in [5.41, 5.74) is 1.44. The molecule has 0 radical (unpaired) electrons. The largest absolute Gasteiger partial charge is 0.495 e. The zero-order valence-electron chi connectivity index (χ0n) is 21.6. The number of nitrogens with one attached hydrogen (secondary N) is 1. The smallest absolute Gasteiger partial charge is 0.262 e. The lowest BCUT2D eigenvalue weighted by atomic mass is 10.2. The van der Waals surface area contributed by atoms with Crippen molar-refractivity contribution in [2.24, 2.45) is 0 Å². The van der Waals surface area contributed by atoms with Gasteiger partial charge in [-0.3, -0.25) is 14.2 Å². The highest BCUT2D eigenvalue weighted by Gasteiger charge is 2.22. The number of H-pyrrole nitrogens is 1. The number of fused-ring (bicyclic) bond motifs is 1. The van der Waals surface area contributed by atoms with Crippen molar-refractivity contribution in [3.63, 3.8) is 0 Å². The Morgan fingerprint density at radius 1 is 1.00 bits per heavy atom. The van der Waals surface area contributed by atoms with Crippen LogP contribution in [-0.4, -0.2) is 66.9 Å². The predicted octanol–water partition coefficient (Wildman–Crippen LogP) is 3.99. The number of anilines is 1. The minimum atomic E-state index is -0.208. The molecule has 1 aliphatic heterocycles. The van der Waals surface area contributed by atoms with Crippen molar-refractivity contribution in [1.29, 1.82) is 0 Å². The van der Waals surface area contributed by atoms with Crippen LogP contribution in [0.5, 0.6) is 17.2 Å². The van der Waals surface area contributed by atoms with E-state index in [0.29, 0.717) is 72.9 Å². The van der Waals surface area contributed by atoms with Crippen molar-refractivity contribution in [3.8, 4) is 17.2 Å². The monoisotopic (exact) mass is 526 g/mol. The quantitative estimate of drug-likeness (QED) is 0.400. The molecule has 1 N–H and O–H groups in total. The number of rotatable bonds is 10. The third kappa shape index (κ3) is 5.90. The highest BCUT2D eigenvalue weighted by Crippen LogP contribution is 2.31. The first-order valence-corrected chi connectivity index (χ1v) is 13.1. The second-order valence-corrected chi connectivity index (χ2v) is 9.13. The van der Waals surface area contributed by atoms with Gasteiger partial charge in [0, 0.05) is 45.2 Å². The van der Waals surface area contributed by atoms with Crippen LogP contribution < -0.4 is 24.7 Å². The van der Waals surface area contributed by atoms with E-state index >= 15 is 0 Å². The van der Waals surface area contributed by atoms with Gasteiger partial charge in [-0.1, -0.05) is 12.1 Å². The Balaban J connectivity index is 1.39. The zero-order chi connectivity index (χ0) is 26.4. The van der Waals surface area contributed by atoms with E-state index in [0.717, 1.165) is 24.5 Å². The number of para-hydroxylation sites is 2. The van der Waals surface area contributed by atoms with Crippen molar-refractivity contribution in [2.75, 3.05) is 51.4 Å². The van der Waals surface area contributed by atoms with Crippen LogP contribution in [0.25, 0.3) is 10.9 Å². The van der Waals surface area contributed by atoms with Gasteiger partial charge in [0.2, 0.25) is 5.91 Å². The molecule has 198 valence electrons. The number of aromatic amines is 1. The molecule has 10 heteroatoms. The molecule has 2 heterocycles. The number of benzene rings is 2. The highest BCUT2D eigenvalue weighted by molar-refractivity contribution is 7.71. The van der Waals surface area contributed by atoms with E-state index in [-0.39, 0.29) is 11.5 Å². The predicted molar refractivity (Wildman–Crippen MR) is 147 cm³/mol. The SMILES string of the molecule is CCOc1cc2[nH]c(=S)n(CCCC(=O)N3CCN(c4ccccc4OC)CC3)c(=O)c2cc1OCC. The number of hydrogen-bond donors (Lipinski definition) is 1. The van der Waals surface area contributed by atoms with Crippen molar-refractivity contribution in [2.45, 2.75) is 33.2 Å². The first-order valence-electron chi connectivity index (χ1n) is 12.7. The van der Waals surface area contributed by atoms with Crippen LogP contribution in [0.15, 0.2) is 41.2 Å². The van der Waals surface area contributed by atoms with Crippen molar-refractivity contribution in [3.05, 3.63) is 51.5 Å². The minimum Gasteiger partial charge on any atom is -0.495 e. The van der Waals surface area contributed by atoms with Crippen molar-refractivity contribution >= 4 is 34.7 Å². The van der Waals surface area contributed by atoms with Gasteiger partial charge in [0.15, 0.2) is 16.3 Å². The van der Waals surface area contributed by atoms with E-state index in [1.807, 2.05) is 43.0 Å². The average Bonchev–Trinajstić information content (AvgIpc) is 2.91. The number of methoxy groups -OCH3 is 1. The maximum Gasteiger partial charge on any atom is 0.262 e. The Morgan fingerprint density at radius 3 is 2.35 bits per heavy atom. The lowest BCUT2D eigenvalue weighted by Crippen LogP contribution is -2.48. The van der Waals surface area contributed by atoms with Gasteiger partial charge in [-0.25, -0.2) is 0 Å². The third-order valence-electron chi connectivity index (χ3n) is 6.48. The highest BCUT2D eigenvalue weighted by atomic mass is 32.1. The van der Waals surface area contributed by atoms with Crippen LogP contribution in [-0.2, 0) is 11.3 Å². The molecule has 1 saturated heterocycles. The molecule has 2 aromatic carbocycles. The molecule has 37 heavy (non-hydrogen) atoms. The lowest BCUT2D eigenvalue weighted by molar-refractivity contribution is -0.131.